The van der Waals surface area contributed by atoms with Gasteiger partial charge in [0.25, 0.3) is 0 Å². The quantitative estimate of drug-likeness (QED) is 0.297. The maximum absolute atomic E-state index is 13.9. The van der Waals surface area contributed by atoms with Crippen LogP contribution in [0.15, 0.2) is 65.1 Å². The maximum atomic E-state index is 13.9. The van der Waals surface area contributed by atoms with Gasteiger partial charge in [-0.05, 0) is 66.4 Å². The minimum atomic E-state index is -1.04. The van der Waals surface area contributed by atoms with Crippen LogP contribution >= 0.6 is 11.6 Å². The largest absolute Gasteiger partial charge is 0.458 e. The van der Waals surface area contributed by atoms with E-state index in [2.05, 4.69) is 20.7 Å². The first kappa shape index (κ1) is 27.5. The second-order valence-electron chi connectivity index (χ2n) is 9.96. The van der Waals surface area contributed by atoms with E-state index in [-0.39, 0.29) is 30.9 Å². The Kier molecular flexibility index (Phi) is 8.54. The predicted molar refractivity (Wildman–Crippen MR) is 146 cm³/mol. The molecule has 9 nitrogen and oxygen atoms in total. The standard InChI is InChI=1S/C29H30ClFN6O3/c1-19-11-16-25(40-19)28-33-35-37(34-28)18-26(38)36(17-21-7-5-6-10-24(21)30)27(20-12-14-22(31)15-13-20)29(39)32-23-8-3-2-4-9-23/h5-7,10-16,23,27H,2-4,8-9,17-18H2,1H3,(H,32,39). The number of hydrogen-bond donors (Lipinski definition) is 1. The first-order valence-corrected chi connectivity index (χ1v) is 13.7. The number of aryl methyl sites for hydroxylation is 1. The molecule has 0 aliphatic heterocycles. The first-order valence-electron chi connectivity index (χ1n) is 13.3. The molecule has 0 radical (unpaired) electrons. The Balaban J connectivity index is 1.48. The number of hydrogen-bond acceptors (Lipinski definition) is 6. The van der Waals surface area contributed by atoms with Crippen molar-refractivity contribution >= 4 is 23.4 Å². The Morgan fingerprint density at radius 1 is 1.10 bits per heavy atom. The van der Waals surface area contributed by atoms with Crippen molar-refractivity contribution in [1.29, 1.82) is 0 Å². The number of nitrogens with zero attached hydrogens (tertiary/aromatic N) is 5. The van der Waals surface area contributed by atoms with Crippen molar-refractivity contribution in [3.05, 3.63) is 88.4 Å². The lowest BCUT2D eigenvalue weighted by Gasteiger charge is -2.33. The van der Waals surface area contributed by atoms with Crippen molar-refractivity contribution in [3.63, 3.8) is 0 Å². The summed E-state index contributed by atoms with van der Waals surface area (Å²) in [4.78, 5) is 30.4. The van der Waals surface area contributed by atoms with Gasteiger partial charge < -0.3 is 14.6 Å². The fourth-order valence-corrected chi connectivity index (χ4v) is 5.15. The Hall–Kier alpha value is -4.05. The van der Waals surface area contributed by atoms with Crippen LogP contribution in [0.5, 0.6) is 0 Å². The summed E-state index contributed by atoms with van der Waals surface area (Å²) in [5.74, 6) is 0.153. The first-order chi connectivity index (χ1) is 19.4. The highest BCUT2D eigenvalue weighted by Crippen LogP contribution is 2.28. The Morgan fingerprint density at radius 2 is 1.85 bits per heavy atom. The van der Waals surface area contributed by atoms with Gasteiger partial charge in [0.15, 0.2) is 5.76 Å². The number of tetrazole rings is 1. The zero-order chi connectivity index (χ0) is 28.1. The number of carbonyl (C=O) groups is 2. The molecule has 1 N–H and O–H groups in total. The molecule has 0 bridgehead atoms. The zero-order valence-electron chi connectivity index (χ0n) is 22.1. The van der Waals surface area contributed by atoms with Gasteiger partial charge in [-0.3, -0.25) is 9.59 Å². The van der Waals surface area contributed by atoms with Crippen molar-refractivity contribution in [3.8, 4) is 11.6 Å². The van der Waals surface area contributed by atoms with E-state index in [1.807, 2.05) is 6.07 Å². The van der Waals surface area contributed by atoms with E-state index < -0.39 is 17.8 Å². The van der Waals surface area contributed by atoms with Gasteiger partial charge in [0, 0.05) is 17.6 Å². The van der Waals surface area contributed by atoms with E-state index in [9.17, 15) is 14.0 Å². The van der Waals surface area contributed by atoms with Gasteiger partial charge in [-0.2, -0.15) is 4.80 Å². The van der Waals surface area contributed by atoms with E-state index in [1.54, 1.807) is 37.3 Å². The molecule has 1 unspecified atom stereocenters. The molecule has 4 aromatic rings. The summed E-state index contributed by atoms with van der Waals surface area (Å²) in [6.07, 6.45) is 4.94. The molecular weight excluding hydrogens is 535 g/mol. The molecule has 208 valence electrons. The lowest BCUT2D eigenvalue weighted by molar-refractivity contribution is -0.142. The lowest BCUT2D eigenvalue weighted by Crippen LogP contribution is -2.47. The summed E-state index contributed by atoms with van der Waals surface area (Å²) in [6.45, 7) is 1.56. The van der Waals surface area contributed by atoms with Gasteiger partial charge in [0.1, 0.15) is 24.2 Å². The van der Waals surface area contributed by atoms with Crippen LogP contribution in [0.2, 0.25) is 5.02 Å². The van der Waals surface area contributed by atoms with Gasteiger partial charge in [-0.15, -0.1) is 10.2 Å². The van der Waals surface area contributed by atoms with Crippen LogP contribution in [0.25, 0.3) is 11.6 Å². The van der Waals surface area contributed by atoms with Crippen LogP contribution < -0.4 is 5.32 Å². The van der Waals surface area contributed by atoms with Crippen LogP contribution in [-0.2, 0) is 22.7 Å². The molecule has 1 saturated carbocycles. The normalized spacial score (nSPS) is 14.6. The van der Waals surface area contributed by atoms with Crippen LogP contribution in [-0.4, -0.2) is 43.0 Å². The fourth-order valence-electron chi connectivity index (χ4n) is 4.95. The Labute approximate surface area is 236 Å². The summed E-state index contributed by atoms with van der Waals surface area (Å²) >= 11 is 6.47. The molecule has 1 fully saturated rings. The van der Waals surface area contributed by atoms with Gasteiger partial charge in [0.05, 0.1) is 0 Å². The highest BCUT2D eigenvalue weighted by molar-refractivity contribution is 6.31. The third-order valence-electron chi connectivity index (χ3n) is 7.01. The van der Waals surface area contributed by atoms with Gasteiger partial charge >= 0.3 is 0 Å². The van der Waals surface area contributed by atoms with Gasteiger partial charge in [-0.25, -0.2) is 4.39 Å². The average molecular weight is 565 g/mol. The van der Waals surface area contributed by atoms with E-state index in [4.69, 9.17) is 16.0 Å². The van der Waals surface area contributed by atoms with Gasteiger partial charge in [0.2, 0.25) is 17.6 Å². The van der Waals surface area contributed by atoms with E-state index in [1.165, 1.54) is 29.2 Å². The zero-order valence-corrected chi connectivity index (χ0v) is 22.9. The third kappa shape index (κ3) is 6.56. The monoisotopic (exact) mass is 564 g/mol. The fraction of sp³-hybridized carbons (Fsp3) is 0.345. The summed E-state index contributed by atoms with van der Waals surface area (Å²) in [6, 6.07) is 15.2. The predicted octanol–water partition coefficient (Wildman–Crippen LogP) is 5.25. The number of rotatable bonds is 9. The second-order valence-corrected chi connectivity index (χ2v) is 10.4. The molecule has 1 atom stereocenters. The van der Waals surface area contributed by atoms with E-state index in [0.717, 1.165) is 36.9 Å². The molecule has 1 aliphatic rings. The minimum Gasteiger partial charge on any atom is -0.458 e. The number of nitrogens with one attached hydrogen (secondary N) is 1. The summed E-state index contributed by atoms with van der Waals surface area (Å²) < 4.78 is 19.4. The second kappa shape index (κ2) is 12.4. The topological polar surface area (TPSA) is 106 Å². The third-order valence-corrected chi connectivity index (χ3v) is 7.38. The smallest absolute Gasteiger partial charge is 0.247 e. The molecule has 5 rings (SSSR count). The number of amides is 2. The van der Waals surface area contributed by atoms with Crippen LogP contribution in [0.1, 0.15) is 55.0 Å². The van der Waals surface area contributed by atoms with Gasteiger partial charge in [-0.1, -0.05) is 61.2 Å². The summed E-state index contributed by atoms with van der Waals surface area (Å²) in [7, 11) is 0. The molecule has 0 saturated heterocycles. The number of aromatic nitrogens is 4. The van der Waals surface area contributed by atoms with Crippen molar-refractivity contribution in [2.45, 2.75) is 64.2 Å². The molecule has 0 spiro atoms. The van der Waals surface area contributed by atoms with Crippen LogP contribution in [0.4, 0.5) is 4.39 Å². The SMILES string of the molecule is Cc1ccc(-c2nnn(CC(=O)N(Cc3ccccc3Cl)C(C(=O)NC3CCCCC3)c3ccc(F)cc3)n2)o1. The van der Waals surface area contributed by atoms with Crippen molar-refractivity contribution in [2.75, 3.05) is 0 Å². The molecule has 2 amide bonds. The van der Waals surface area contributed by atoms with Crippen LogP contribution in [0, 0.1) is 12.7 Å². The van der Waals surface area contributed by atoms with Crippen LogP contribution in [0.3, 0.4) is 0 Å². The summed E-state index contributed by atoms with van der Waals surface area (Å²) in [5, 5.41) is 15.9. The van der Waals surface area contributed by atoms with E-state index in [0.29, 0.717) is 27.7 Å². The molecular formula is C29H30ClFN6O3. The molecule has 40 heavy (non-hydrogen) atoms. The number of carbonyl (C=O) groups excluding carboxylic acids is 2. The minimum absolute atomic E-state index is 0.0118. The maximum Gasteiger partial charge on any atom is 0.247 e. The molecule has 1 aliphatic carbocycles. The Bertz CT molecular complexity index is 1460. The number of halogens is 2. The van der Waals surface area contributed by atoms with Crippen molar-refractivity contribution in [2.24, 2.45) is 0 Å². The molecule has 11 heteroatoms. The van der Waals surface area contributed by atoms with Crippen molar-refractivity contribution < 1.29 is 18.4 Å². The number of furan rings is 1. The Morgan fingerprint density at radius 3 is 2.55 bits per heavy atom. The summed E-state index contributed by atoms with van der Waals surface area (Å²) in [5.41, 5.74) is 1.14. The average Bonchev–Trinajstić information content (AvgIpc) is 3.60. The number of benzene rings is 2. The highest BCUT2D eigenvalue weighted by Gasteiger charge is 2.34. The highest BCUT2D eigenvalue weighted by atomic mass is 35.5. The molecule has 2 aromatic heterocycles. The van der Waals surface area contributed by atoms with E-state index >= 15 is 0 Å². The molecule has 2 heterocycles. The molecule has 2 aromatic carbocycles. The lowest BCUT2D eigenvalue weighted by atomic mass is 9.94. The van der Waals surface area contributed by atoms with Crippen molar-refractivity contribution in [1.82, 2.24) is 30.4 Å².